The fourth-order valence-corrected chi connectivity index (χ4v) is 3.57. The van der Waals surface area contributed by atoms with Crippen molar-refractivity contribution in [3.8, 4) is 0 Å². The van der Waals surface area contributed by atoms with E-state index in [9.17, 15) is 9.18 Å². The Morgan fingerprint density at radius 1 is 1.13 bits per heavy atom. The van der Waals surface area contributed by atoms with E-state index in [1.807, 2.05) is 30.3 Å². The molecule has 5 nitrogen and oxygen atoms in total. The van der Waals surface area contributed by atoms with Crippen molar-refractivity contribution >= 4 is 34.6 Å². The third-order valence-electron chi connectivity index (χ3n) is 4.99. The van der Waals surface area contributed by atoms with Gasteiger partial charge in [0.1, 0.15) is 5.82 Å². The zero-order valence-electron chi connectivity index (χ0n) is 16.0. The van der Waals surface area contributed by atoms with Crippen LogP contribution in [0.5, 0.6) is 0 Å². The van der Waals surface area contributed by atoms with Crippen molar-refractivity contribution in [3.05, 3.63) is 94.1 Å². The summed E-state index contributed by atoms with van der Waals surface area (Å²) in [5.74, 6) is -0.411. The normalized spacial score (nSPS) is 11.0. The lowest BCUT2D eigenvalue weighted by Crippen LogP contribution is -2.21. The van der Waals surface area contributed by atoms with Gasteiger partial charge in [0.15, 0.2) is 0 Å². The van der Waals surface area contributed by atoms with Gasteiger partial charge in [0.05, 0.1) is 18.2 Å². The highest BCUT2D eigenvalue weighted by Gasteiger charge is 2.14. The second kappa shape index (κ2) is 8.65. The summed E-state index contributed by atoms with van der Waals surface area (Å²) < 4.78 is 14.5. The summed E-state index contributed by atoms with van der Waals surface area (Å²) in [6.07, 6.45) is 4.49. The summed E-state index contributed by atoms with van der Waals surface area (Å²) in [5, 5.41) is 10.4. The van der Waals surface area contributed by atoms with E-state index in [-0.39, 0.29) is 13.2 Å². The number of benzene rings is 2. The smallest absolute Gasteiger partial charge is 0.214 e. The number of aliphatic hydroxyl groups excluding tert-OH is 1. The number of pyridine rings is 1. The van der Waals surface area contributed by atoms with Crippen LogP contribution >= 0.6 is 11.6 Å². The molecule has 0 atom stereocenters. The maximum Gasteiger partial charge on any atom is 0.214 e. The molecule has 2 aromatic carbocycles. The SMILES string of the molecule is O=CN(Cc1cc2c(Cl)c[nH]c2cc1F)c1ccnc(Cc2ccc(CO)cc2)c1. The number of halogens is 2. The monoisotopic (exact) mass is 423 g/mol. The van der Waals surface area contributed by atoms with Crippen LogP contribution in [0.1, 0.15) is 22.4 Å². The second-order valence-corrected chi connectivity index (χ2v) is 7.42. The third kappa shape index (κ3) is 4.20. The number of carbonyl (C=O) groups is 1. The molecule has 0 aliphatic heterocycles. The predicted octanol–water partition coefficient (Wildman–Crippen LogP) is 4.60. The number of rotatable bonds is 7. The van der Waals surface area contributed by atoms with Crippen LogP contribution in [0.25, 0.3) is 10.9 Å². The number of aromatic nitrogens is 2. The van der Waals surface area contributed by atoms with Crippen LogP contribution in [-0.2, 0) is 24.4 Å². The number of hydrogen-bond acceptors (Lipinski definition) is 3. The number of H-pyrrole nitrogens is 1. The molecule has 0 aliphatic carbocycles. The molecule has 2 heterocycles. The molecule has 0 bridgehead atoms. The zero-order chi connectivity index (χ0) is 21.1. The van der Waals surface area contributed by atoms with Crippen LogP contribution in [0.3, 0.4) is 0 Å². The molecule has 2 N–H and O–H groups in total. The Hall–Kier alpha value is -3.22. The maximum atomic E-state index is 14.5. The highest BCUT2D eigenvalue weighted by Crippen LogP contribution is 2.27. The average Bonchev–Trinajstić information content (AvgIpc) is 3.12. The quantitative estimate of drug-likeness (QED) is 0.427. The summed E-state index contributed by atoms with van der Waals surface area (Å²) in [6.45, 7) is 0.0695. The molecule has 0 saturated carbocycles. The highest BCUT2D eigenvalue weighted by molar-refractivity contribution is 6.35. The van der Waals surface area contributed by atoms with Crippen molar-refractivity contribution in [1.82, 2.24) is 9.97 Å². The summed E-state index contributed by atoms with van der Waals surface area (Å²) in [6, 6.07) is 14.2. The molecule has 0 saturated heterocycles. The van der Waals surface area contributed by atoms with Crippen molar-refractivity contribution in [3.63, 3.8) is 0 Å². The summed E-state index contributed by atoms with van der Waals surface area (Å²) in [7, 11) is 0. The molecule has 2 aromatic heterocycles. The first kappa shape index (κ1) is 20.1. The van der Waals surface area contributed by atoms with Crippen LogP contribution in [-0.4, -0.2) is 21.5 Å². The standard InChI is InChI=1S/C23H19ClFN3O2/c24-21-11-27-23-10-22(25)17(8-20(21)23)12-28(14-30)19-5-6-26-18(9-19)7-15-1-3-16(13-29)4-2-15/h1-6,8-11,14,27,29H,7,12-13H2. The number of fused-ring (bicyclic) bond motifs is 1. The molecule has 0 fully saturated rings. The predicted molar refractivity (Wildman–Crippen MR) is 115 cm³/mol. The van der Waals surface area contributed by atoms with E-state index in [1.54, 1.807) is 24.5 Å². The maximum absolute atomic E-state index is 14.5. The Morgan fingerprint density at radius 3 is 2.63 bits per heavy atom. The van der Waals surface area contributed by atoms with Crippen LogP contribution in [0.2, 0.25) is 5.02 Å². The molecule has 0 spiro atoms. The van der Waals surface area contributed by atoms with E-state index >= 15 is 0 Å². The number of aliphatic hydroxyl groups is 1. The van der Waals surface area contributed by atoms with Gasteiger partial charge in [-0.2, -0.15) is 0 Å². The molecular weight excluding hydrogens is 405 g/mol. The largest absolute Gasteiger partial charge is 0.392 e. The van der Waals surface area contributed by atoms with Gasteiger partial charge < -0.3 is 15.0 Å². The molecular formula is C23H19ClFN3O2. The van der Waals surface area contributed by atoms with Crippen molar-refractivity contribution in [2.45, 2.75) is 19.6 Å². The van der Waals surface area contributed by atoms with Gasteiger partial charge in [-0.1, -0.05) is 35.9 Å². The topological polar surface area (TPSA) is 69.2 Å². The Bertz CT molecular complexity index is 1190. The lowest BCUT2D eigenvalue weighted by Gasteiger charge is -2.19. The number of aromatic amines is 1. The molecule has 0 unspecified atom stereocenters. The van der Waals surface area contributed by atoms with Gasteiger partial charge in [0.2, 0.25) is 6.41 Å². The Kier molecular flexibility index (Phi) is 5.79. The van der Waals surface area contributed by atoms with E-state index in [0.29, 0.717) is 40.0 Å². The molecule has 4 rings (SSSR count). The minimum Gasteiger partial charge on any atom is -0.392 e. The molecule has 1 amide bonds. The molecule has 0 aliphatic rings. The summed E-state index contributed by atoms with van der Waals surface area (Å²) in [5.41, 5.74) is 4.26. The van der Waals surface area contributed by atoms with Gasteiger partial charge in [-0.3, -0.25) is 9.78 Å². The van der Waals surface area contributed by atoms with Gasteiger partial charge in [-0.05, 0) is 35.4 Å². The summed E-state index contributed by atoms with van der Waals surface area (Å²) in [4.78, 5) is 20.5. The minimum atomic E-state index is -0.411. The Labute approximate surface area is 177 Å². The number of nitrogens with one attached hydrogen (secondary N) is 1. The van der Waals surface area contributed by atoms with Crippen LogP contribution in [0.15, 0.2) is 60.9 Å². The van der Waals surface area contributed by atoms with Crippen molar-refractivity contribution < 1.29 is 14.3 Å². The Balaban J connectivity index is 1.57. The van der Waals surface area contributed by atoms with Crippen molar-refractivity contribution in [1.29, 1.82) is 0 Å². The lowest BCUT2D eigenvalue weighted by atomic mass is 10.1. The van der Waals surface area contributed by atoms with Crippen LogP contribution in [0.4, 0.5) is 10.1 Å². The van der Waals surface area contributed by atoms with E-state index in [2.05, 4.69) is 9.97 Å². The number of nitrogens with zero attached hydrogens (tertiary/aromatic N) is 2. The van der Waals surface area contributed by atoms with Crippen LogP contribution in [0, 0.1) is 5.82 Å². The van der Waals surface area contributed by atoms with Crippen LogP contribution < -0.4 is 4.90 Å². The molecule has 7 heteroatoms. The van der Waals surface area contributed by atoms with E-state index in [4.69, 9.17) is 16.7 Å². The van der Waals surface area contributed by atoms with Gasteiger partial charge in [-0.25, -0.2) is 4.39 Å². The number of anilines is 1. The number of hydrogen-bond donors (Lipinski definition) is 2. The molecule has 30 heavy (non-hydrogen) atoms. The molecule has 0 radical (unpaired) electrons. The second-order valence-electron chi connectivity index (χ2n) is 7.02. The minimum absolute atomic E-state index is 0.00136. The van der Waals surface area contributed by atoms with Gasteiger partial charge in [-0.15, -0.1) is 0 Å². The fourth-order valence-electron chi connectivity index (χ4n) is 3.36. The average molecular weight is 424 g/mol. The lowest BCUT2D eigenvalue weighted by molar-refractivity contribution is -0.107. The number of amides is 1. The van der Waals surface area contributed by atoms with Gasteiger partial charge in [0.25, 0.3) is 0 Å². The first-order valence-electron chi connectivity index (χ1n) is 9.38. The molecule has 152 valence electrons. The van der Waals surface area contributed by atoms with Gasteiger partial charge in [0, 0.05) is 46.7 Å². The first-order chi connectivity index (χ1) is 14.6. The first-order valence-corrected chi connectivity index (χ1v) is 9.75. The highest BCUT2D eigenvalue weighted by atomic mass is 35.5. The third-order valence-corrected chi connectivity index (χ3v) is 5.30. The van der Waals surface area contributed by atoms with E-state index in [1.165, 1.54) is 11.0 Å². The van der Waals surface area contributed by atoms with Gasteiger partial charge >= 0.3 is 0 Å². The zero-order valence-corrected chi connectivity index (χ0v) is 16.7. The Morgan fingerprint density at radius 2 is 1.90 bits per heavy atom. The van der Waals surface area contributed by atoms with Crippen molar-refractivity contribution in [2.24, 2.45) is 0 Å². The van der Waals surface area contributed by atoms with E-state index < -0.39 is 5.82 Å². The van der Waals surface area contributed by atoms with E-state index in [0.717, 1.165) is 16.8 Å². The number of carbonyl (C=O) groups excluding carboxylic acids is 1. The van der Waals surface area contributed by atoms with Crippen molar-refractivity contribution in [2.75, 3.05) is 4.90 Å². The fraction of sp³-hybridized carbons (Fsp3) is 0.130. The molecule has 4 aromatic rings. The summed E-state index contributed by atoms with van der Waals surface area (Å²) >= 11 is 6.14.